The highest BCUT2D eigenvalue weighted by Crippen LogP contribution is 2.26. The molecule has 2 aromatic carbocycles. The average molecular weight is 409 g/mol. The second-order valence-electron chi connectivity index (χ2n) is 3.80. The zero-order chi connectivity index (χ0) is 14.0. The van der Waals surface area contributed by atoms with Crippen molar-refractivity contribution >= 4 is 55.6 Å². The van der Waals surface area contributed by atoms with Gasteiger partial charge in [-0.2, -0.15) is 0 Å². The lowest BCUT2D eigenvalue weighted by molar-refractivity contribution is 0.601. The maximum Gasteiger partial charge on any atom is 0.261 e. The van der Waals surface area contributed by atoms with Crippen molar-refractivity contribution in [3.8, 4) is 0 Å². The quantitative estimate of drug-likeness (QED) is 0.604. The summed E-state index contributed by atoms with van der Waals surface area (Å²) in [5.74, 6) is 0. The van der Waals surface area contributed by atoms with Crippen molar-refractivity contribution in [1.29, 1.82) is 0 Å². The first-order valence-electron chi connectivity index (χ1n) is 5.22. The van der Waals surface area contributed by atoms with Gasteiger partial charge < -0.3 is 5.73 Å². The first-order chi connectivity index (χ1) is 8.88. The van der Waals surface area contributed by atoms with Crippen LogP contribution < -0.4 is 10.5 Å². The molecule has 0 amide bonds. The molecule has 0 saturated heterocycles. The minimum Gasteiger partial charge on any atom is -0.399 e. The summed E-state index contributed by atoms with van der Waals surface area (Å²) in [7, 11) is -3.66. The summed E-state index contributed by atoms with van der Waals surface area (Å²) in [6.07, 6.45) is 0. The zero-order valence-electron chi connectivity index (χ0n) is 9.60. The van der Waals surface area contributed by atoms with Crippen molar-refractivity contribution in [3.05, 3.63) is 51.1 Å². The highest BCUT2D eigenvalue weighted by Gasteiger charge is 2.15. The third-order valence-electron chi connectivity index (χ3n) is 2.37. The Balaban J connectivity index is 2.33. The van der Waals surface area contributed by atoms with Gasteiger partial charge in [-0.25, -0.2) is 8.42 Å². The topological polar surface area (TPSA) is 72.2 Å². The van der Waals surface area contributed by atoms with Gasteiger partial charge in [0.25, 0.3) is 10.0 Å². The van der Waals surface area contributed by atoms with Crippen LogP contribution in [0.5, 0.6) is 0 Å². The van der Waals surface area contributed by atoms with Gasteiger partial charge in [0.1, 0.15) is 0 Å². The van der Waals surface area contributed by atoms with Crippen LogP contribution in [-0.2, 0) is 10.0 Å². The van der Waals surface area contributed by atoms with Crippen molar-refractivity contribution in [2.75, 3.05) is 10.5 Å². The Morgan fingerprint density at radius 1 is 1.11 bits per heavy atom. The third-order valence-corrected chi connectivity index (χ3v) is 4.73. The maximum atomic E-state index is 12.1. The number of rotatable bonds is 3. The van der Waals surface area contributed by atoms with Crippen molar-refractivity contribution < 1.29 is 8.42 Å². The molecular formula is C12H10ClIN2O2S. The second kappa shape index (κ2) is 5.56. The normalized spacial score (nSPS) is 11.3. The summed E-state index contributed by atoms with van der Waals surface area (Å²) in [4.78, 5) is 0.135. The lowest BCUT2D eigenvalue weighted by atomic mass is 10.3. The molecule has 0 fully saturated rings. The van der Waals surface area contributed by atoms with Crippen LogP contribution in [0.1, 0.15) is 0 Å². The molecule has 0 aliphatic carbocycles. The van der Waals surface area contributed by atoms with E-state index in [9.17, 15) is 8.42 Å². The predicted octanol–water partition coefficient (Wildman–Crippen LogP) is 3.33. The molecular weight excluding hydrogens is 399 g/mol. The molecule has 100 valence electrons. The molecule has 4 nitrogen and oxygen atoms in total. The van der Waals surface area contributed by atoms with Gasteiger partial charge in [-0.3, -0.25) is 4.72 Å². The Morgan fingerprint density at radius 2 is 1.74 bits per heavy atom. The fraction of sp³-hybridized carbons (Fsp3) is 0. The van der Waals surface area contributed by atoms with Crippen molar-refractivity contribution in [3.63, 3.8) is 0 Å². The monoisotopic (exact) mass is 408 g/mol. The first kappa shape index (κ1) is 14.4. The predicted molar refractivity (Wildman–Crippen MR) is 85.8 cm³/mol. The smallest absolute Gasteiger partial charge is 0.261 e. The van der Waals surface area contributed by atoms with Crippen LogP contribution in [0, 0.1) is 3.57 Å². The Labute approximate surface area is 130 Å². The standard InChI is InChI=1S/C12H10ClIN2O2S/c13-11-7-8(14)1-6-12(11)16-19(17,18)10-4-2-9(15)3-5-10/h1-7,16H,15H2. The van der Waals surface area contributed by atoms with E-state index in [1.165, 1.54) is 24.3 Å². The van der Waals surface area contributed by atoms with E-state index in [0.29, 0.717) is 16.4 Å². The van der Waals surface area contributed by atoms with Gasteiger partial charge in [-0.1, -0.05) is 11.6 Å². The van der Waals surface area contributed by atoms with E-state index in [4.69, 9.17) is 17.3 Å². The number of anilines is 2. The molecule has 2 rings (SSSR count). The molecule has 0 heterocycles. The molecule has 0 spiro atoms. The molecule has 0 radical (unpaired) electrons. The number of halogens is 2. The molecule has 0 bridgehead atoms. The Bertz CT molecular complexity index is 702. The van der Waals surface area contributed by atoms with Gasteiger partial charge >= 0.3 is 0 Å². The van der Waals surface area contributed by atoms with Crippen LogP contribution >= 0.6 is 34.2 Å². The SMILES string of the molecule is Nc1ccc(S(=O)(=O)Nc2ccc(I)cc2Cl)cc1. The van der Waals surface area contributed by atoms with Crippen LogP contribution in [0.4, 0.5) is 11.4 Å². The highest BCUT2D eigenvalue weighted by atomic mass is 127. The van der Waals surface area contributed by atoms with E-state index in [1.54, 1.807) is 18.2 Å². The van der Waals surface area contributed by atoms with Crippen LogP contribution in [0.2, 0.25) is 5.02 Å². The Hall–Kier alpha value is -0.990. The molecule has 0 aliphatic heterocycles. The van der Waals surface area contributed by atoms with Gasteiger partial charge in [0.05, 0.1) is 15.6 Å². The summed E-state index contributed by atoms with van der Waals surface area (Å²) in [5, 5.41) is 0.353. The van der Waals surface area contributed by atoms with Crippen LogP contribution in [0.25, 0.3) is 0 Å². The molecule has 3 N–H and O–H groups in total. The molecule has 2 aromatic rings. The van der Waals surface area contributed by atoms with Gasteiger partial charge in [-0.15, -0.1) is 0 Å². The minimum atomic E-state index is -3.66. The van der Waals surface area contributed by atoms with E-state index >= 15 is 0 Å². The van der Waals surface area contributed by atoms with Crippen LogP contribution in [-0.4, -0.2) is 8.42 Å². The molecule has 0 aliphatic rings. The summed E-state index contributed by atoms with van der Waals surface area (Å²) < 4.78 is 27.6. The Morgan fingerprint density at radius 3 is 2.32 bits per heavy atom. The van der Waals surface area contributed by atoms with Gasteiger partial charge in [0, 0.05) is 9.26 Å². The summed E-state index contributed by atoms with van der Waals surface area (Å²) in [6, 6.07) is 11.0. The van der Waals surface area contributed by atoms with Crippen molar-refractivity contribution in [2.45, 2.75) is 4.90 Å². The van der Waals surface area contributed by atoms with Crippen LogP contribution in [0.3, 0.4) is 0 Å². The molecule has 0 atom stereocenters. The molecule has 0 aromatic heterocycles. The number of nitrogens with two attached hydrogens (primary N) is 1. The number of nitrogens with one attached hydrogen (secondary N) is 1. The van der Waals surface area contributed by atoms with E-state index in [1.807, 2.05) is 0 Å². The molecule has 0 unspecified atom stereocenters. The average Bonchev–Trinajstić information content (AvgIpc) is 2.33. The number of benzene rings is 2. The number of nitrogen functional groups attached to an aromatic ring is 1. The molecule has 7 heteroatoms. The van der Waals surface area contributed by atoms with Gasteiger partial charge in [-0.05, 0) is 65.1 Å². The fourth-order valence-electron chi connectivity index (χ4n) is 1.42. The summed E-state index contributed by atoms with van der Waals surface area (Å²) in [5.41, 5.74) is 6.38. The molecule has 19 heavy (non-hydrogen) atoms. The van der Waals surface area contributed by atoms with Gasteiger partial charge in [0.2, 0.25) is 0 Å². The number of hydrogen-bond acceptors (Lipinski definition) is 3. The van der Waals surface area contributed by atoms with Crippen molar-refractivity contribution in [1.82, 2.24) is 0 Å². The highest BCUT2D eigenvalue weighted by molar-refractivity contribution is 14.1. The van der Waals surface area contributed by atoms with Crippen molar-refractivity contribution in [2.24, 2.45) is 0 Å². The fourth-order valence-corrected chi connectivity index (χ4v) is 3.46. The number of hydrogen-bond donors (Lipinski definition) is 2. The third kappa shape index (κ3) is 3.52. The minimum absolute atomic E-state index is 0.135. The lowest BCUT2D eigenvalue weighted by Gasteiger charge is -2.10. The second-order valence-corrected chi connectivity index (χ2v) is 7.13. The van der Waals surface area contributed by atoms with E-state index in [2.05, 4.69) is 27.3 Å². The Kier molecular flexibility index (Phi) is 4.22. The van der Waals surface area contributed by atoms with Gasteiger partial charge in [0.15, 0.2) is 0 Å². The zero-order valence-corrected chi connectivity index (χ0v) is 13.3. The summed E-state index contributed by atoms with van der Waals surface area (Å²) in [6.45, 7) is 0. The number of sulfonamides is 1. The maximum absolute atomic E-state index is 12.1. The molecule has 0 saturated carbocycles. The lowest BCUT2D eigenvalue weighted by Crippen LogP contribution is -2.13. The van der Waals surface area contributed by atoms with Crippen LogP contribution in [0.15, 0.2) is 47.4 Å². The first-order valence-corrected chi connectivity index (χ1v) is 8.16. The van der Waals surface area contributed by atoms with E-state index in [0.717, 1.165) is 3.57 Å². The summed E-state index contributed by atoms with van der Waals surface area (Å²) >= 11 is 8.10. The van der Waals surface area contributed by atoms with E-state index in [-0.39, 0.29) is 4.90 Å². The largest absolute Gasteiger partial charge is 0.399 e. The van der Waals surface area contributed by atoms with E-state index < -0.39 is 10.0 Å².